The van der Waals surface area contributed by atoms with Gasteiger partial charge in [-0.2, -0.15) is 0 Å². The number of ketones is 2. The van der Waals surface area contributed by atoms with Crippen molar-refractivity contribution in [1.82, 2.24) is 0 Å². The highest BCUT2D eigenvalue weighted by molar-refractivity contribution is 6.34. The Hall–Kier alpha value is -1.53. The predicted molar refractivity (Wildman–Crippen MR) is 122 cm³/mol. The fourth-order valence-corrected chi connectivity index (χ4v) is 8.13. The van der Waals surface area contributed by atoms with Crippen LogP contribution in [0.5, 0.6) is 0 Å². The summed E-state index contributed by atoms with van der Waals surface area (Å²) in [6.45, 7) is 7.86. The van der Waals surface area contributed by atoms with Gasteiger partial charge < -0.3 is 9.84 Å². The molecule has 182 valence electrons. The van der Waals surface area contributed by atoms with Gasteiger partial charge in [-0.05, 0) is 66.6 Å². The summed E-state index contributed by atoms with van der Waals surface area (Å²) in [5.41, 5.74) is -1.40. The fourth-order valence-electron chi connectivity index (χ4n) is 7.64. The van der Waals surface area contributed by atoms with E-state index in [9.17, 15) is 19.5 Å². The molecule has 3 fully saturated rings. The Balaban J connectivity index is 1.70. The number of unbranched alkanes of at least 4 members (excludes halogenated alkanes) is 1. The van der Waals surface area contributed by atoms with E-state index in [2.05, 4.69) is 0 Å². The van der Waals surface area contributed by atoms with Crippen molar-refractivity contribution < 1.29 is 28.6 Å². The summed E-state index contributed by atoms with van der Waals surface area (Å²) in [5.74, 6) is -2.95. The van der Waals surface area contributed by atoms with Crippen LogP contribution in [-0.4, -0.2) is 46.4 Å². The molecule has 4 aliphatic rings. The third-order valence-electron chi connectivity index (χ3n) is 9.18. The van der Waals surface area contributed by atoms with Gasteiger partial charge in [-0.3, -0.25) is 9.59 Å². The second-order valence-corrected chi connectivity index (χ2v) is 11.6. The summed E-state index contributed by atoms with van der Waals surface area (Å²) in [5, 5.41) is 11.5. The molecule has 0 bridgehead atoms. The highest BCUT2D eigenvalue weighted by Gasteiger charge is 2.72. The molecular formula is C26H34ClFO5. The lowest BCUT2D eigenvalue weighted by Gasteiger charge is -2.63. The average molecular weight is 481 g/mol. The van der Waals surface area contributed by atoms with E-state index >= 15 is 4.39 Å². The van der Waals surface area contributed by atoms with Gasteiger partial charge >= 0.3 is 5.97 Å². The van der Waals surface area contributed by atoms with E-state index < -0.39 is 51.6 Å². The minimum atomic E-state index is -1.36. The molecule has 0 aliphatic heterocycles. The zero-order valence-electron chi connectivity index (χ0n) is 19.8. The third-order valence-corrected chi connectivity index (χ3v) is 10.1. The normalized spacial score (nSPS) is 46.2. The number of carbonyl (C=O) groups is 3. The van der Waals surface area contributed by atoms with Gasteiger partial charge in [-0.25, -0.2) is 9.18 Å². The number of allylic oxidation sites excluding steroid dienone is 4. The summed E-state index contributed by atoms with van der Waals surface area (Å²) < 4.78 is 20.7. The Labute approximate surface area is 199 Å². The number of fused-ring (bicyclic) bond motifs is 5. The summed E-state index contributed by atoms with van der Waals surface area (Å²) in [7, 11) is 0. The number of ether oxygens (including phenoxy) is 1. The lowest BCUT2D eigenvalue weighted by molar-refractivity contribution is -0.161. The van der Waals surface area contributed by atoms with Crippen LogP contribution in [0, 0.1) is 34.5 Å². The van der Waals surface area contributed by atoms with Crippen LogP contribution >= 0.6 is 11.6 Å². The Morgan fingerprint density at radius 3 is 2.64 bits per heavy atom. The quantitative estimate of drug-likeness (QED) is 0.274. The molecule has 33 heavy (non-hydrogen) atoms. The van der Waals surface area contributed by atoms with Crippen LogP contribution in [0.3, 0.4) is 0 Å². The molecule has 0 spiro atoms. The van der Waals surface area contributed by atoms with Gasteiger partial charge in [0.2, 0.25) is 5.78 Å². The van der Waals surface area contributed by atoms with Crippen LogP contribution in [0.15, 0.2) is 23.8 Å². The van der Waals surface area contributed by atoms with Crippen LogP contribution in [0.2, 0.25) is 0 Å². The van der Waals surface area contributed by atoms with Crippen molar-refractivity contribution in [1.29, 1.82) is 0 Å². The molecule has 0 radical (unpaired) electrons. The fraction of sp³-hybridized carbons (Fsp3) is 0.731. The first kappa shape index (κ1) is 24.6. The third kappa shape index (κ3) is 3.38. The molecule has 4 rings (SSSR count). The SMILES string of the molecule is CCCCOC(=O)C(=O)[C@H]1[C@H](C)C[C@H]2[C@@H]3C[C@H](F)C4=CC(=O)C=C[C@]4(C)[C@@]3(Cl)[C@@H](O)C[C@@]21C. The summed E-state index contributed by atoms with van der Waals surface area (Å²) >= 11 is 7.31. The van der Waals surface area contributed by atoms with Crippen molar-refractivity contribution >= 4 is 29.1 Å². The molecule has 9 atom stereocenters. The van der Waals surface area contributed by atoms with Gasteiger partial charge in [-0.1, -0.05) is 40.2 Å². The molecule has 5 nitrogen and oxygen atoms in total. The lowest BCUT2D eigenvalue weighted by Crippen LogP contribution is -2.67. The number of esters is 1. The largest absolute Gasteiger partial charge is 0.460 e. The molecule has 0 saturated heterocycles. The van der Waals surface area contributed by atoms with E-state index in [0.717, 1.165) is 6.42 Å². The van der Waals surface area contributed by atoms with E-state index in [-0.39, 0.29) is 37.1 Å². The van der Waals surface area contributed by atoms with E-state index in [4.69, 9.17) is 16.3 Å². The second kappa shape index (κ2) is 8.30. The standard InChI is InChI=1S/C26H34ClFO5/c1-5-6-9-33-23(32)22(31)21-14(2)10-16-17-12-19(28)18-11-15(29)7-8-25(18,4)26(17,27)20(30)13-24(16,21)3/h7-8,11,14,16-17,19-21,30H,5-6,9-10,12-13H2,1-4H3/t14-,16+,17+,19+,20+,21-,24+,25+,26+/m1/s1. The monoisotopic (exact) mass is 480 g/mol. The molecule has 0 heterocycles. The van der Waals surface area contributed by atoms with Crippen LogP contribution < -0.4 is 0 Å². The van der Waals surface area contributed by atoms with E-state index in [1.165, 1.54) is 12.2 Å². The van der Waals surface area contributed by atoms with Crippen molar-refractivity contribution in [2.45, 2.75) is 76.9 Å². The van der Waals surface area contributed by atoms with Gasteiger partial charge in [0.05, 0.1) is 17.6 Å². The van der Waals surface area contributed by atoms with Gasteiger partial charge in [0.25, 0.3) is 0 Å². The maximum Gasteiger partial charge on any atom is 0.374 e. The Morgan fingerprint density at radius 1 is 1.27 bits per heavy atom. The van der Waals surface area contributed by atoms with E-state index in [1.807, 2.05) is 20.8 Å². The number of hydrogen-bond acceptors (Lipinski definition) is 5. The molecule has 3 saturated carbocycles. The predicted octanol–water partition coefficient (Wildman–Crippen LogP) is 4.35. The molecule has 0 aromatic rings. The number of halogens is 2. The van der Waals surface area contributed by atoms with Crippen LogP contribution in [0.1, 0.15) is 59.8 Å². The summed E-state index contributed by atoms with van der Waals surface area (Å²) in [6, 6.07) is 0. The number of rotatable bonds is 5. The lowest BCUT2D eigenvalue weighted by atomic mass is 9.46. The van der Waals surface area contributed by atoms with Crippen molar-refractivity contribution in [3.63, 3.8) is 0 Å². The maximum absolute atomic E-state index is 15.5. The average Bonchev–Trinajstić information content (AvgIpc) is 3.01. The number of aliphatic hydroxyl groups excluding tert-OH is 1. The number of aliphatic hydroxyl groups is 1. The van der Waals surface area contributed by atoms with Crippen molar-refractivity contribution in [2.24, 2.45) is 34.5 Å². The van der Waals surface area contributed by atoms with E-state index in [1.54, 1.807) is 13.0 Å². The first-order valence-electron chi connectivity index (χ1n) is 12.1. The highest BCUT2D eigenvalue weighted by Crippen LogP contribution is 2.70. The number of Topliss-reactive ketones (excluding diaryl/α,β-unsaturated/α-hetero) is 1. The maximum atomic E-state index is 15.5. The van der Waals surface area contributed by atoms with Gasteiger partial charge in [0, 0.05) is 11.3 Å². The minimum Gasteiger partial charge on any atom is -0.460 e. The Bertz CT molecular complexity index is 930. The molecule has 0 unspecified atom stereocenters. The minimum absolute atomic E-state index is 0.0813. The van der Waals surface area contributed by atoms with Gasteiger partial charge in [-0.15, -0.1) is 11.6 Å². The zero-order chi connectivity index (χ0) is 24.3. The molecule has 1 N–H and O–H groups in total. The molecule has 0 aromatic carbocycles. The molecule has 7 heteroatoms. The Morgan fingerprint density at radius 2 is 1.97 bits per heavy atom. The molecule has 0 amide bonds. The summed E-state index contributed by atoms with van der Waals surface area (Å²) in [6.07, 6.45) is 4.43. The van der Waals surface area contributed by atoms with Crippen LogP contribution in [0.4, 0.5) is 4.39 Å². The first-order chi connectivity index (χ1) is 15.4. The molecule has 4 aliphatic carbocycles. The number of hydrogen-bond donors (Lipinski definition) is 1. The topological polar surface area (TPSA) is 80.7 Å². The second-order valence-electron chi connectivity index (χ2n) is 11.0. The van der Waals surface area contributed by atoms with Crippen molar-refractivity contribution in [3.8, 4) is 0 Å². The van der Waals surface area contributed by atoms with Crippen LogP contribution in [0.25, 0.3) is 0 Å². The van der Waals surface area contributed by atoms with Crippen molar-refractivity contribution in [3.05, 3.63) is 23.8 Å². The number of alkyl halides is 2. The smallest absolute Gasteiger partial charge is 0.374 e. The Kier molecular flexibility index (Phi) is 6.18. The summed E-state index contributed by atoms with van der Waals surface area (Å²) in [4.78, 5) is 36.6. The van der Waals surface area contributed by atoms with Crippen LogP contribution in [-0.2, 0) is 19.1 Å². The van der Waals surface area contributed by atoms with Crippen molar-refractivity contribution in [2.75, 3.05) is 6.61 Å². The van der Waals surface area contributed by atoms with Gasteiger partial charge in [0.1, 0.15) is 6.17 Å². The highest BCUT2D eigenvalue weighted by atomic mass is 35.5. The van der Waals surface area contributed by atoms with E-state index in [0.29, 0.717) is 18.4 Å². The number of carbonyl (C=O) groups excluding carboxylic acids is 3. The molecular weight excluding hydrogens is 447 g/mol. The van der Waals surface area contributed by atoms with Gasteiger partial charge in [0.15, 0.2) is 5.78 Å². The first-order valence-corrected chi connectivity index (χ1v) is 12.5. The zero-order valence-corrected chi connectivity index (χ0v) is 20.5. The molecule has 0 aromatic heterocycles.